The Bertz CT molecular complexity index is 442. The van der Waals surface area contributed by atoms with Gasteiger partial charge in [0, 0.05) is 25.8 Å². The summed E-state index contributed by atoms with van der Waals surface area (Å²) in [5, 5.41) is 3.49. The number of aromatic nitrogens is 1. The molecule has 1 aliphatic rings. The van der Waals surface area contributed by atoms with Gasteiger partial charge in [0.1, 0.15) is 5.82 Å². The number of anilines is 1. The molecule has 0 aliphatic carbocycles. The van der Waals surface area contributed by atoms with Crippen molar-refractivity contribution < 1.29 is 0 Å². The molecule has 2 heterocycles. The summed E-state index contributed by atoms with van der Waals surface area (Å²) in [5.74, 6) is 2.74. The largest absolute Gasteiger partial charge is 0.356 e. The maximum absolute atomic E-state index is 4.75. The van der Waals surface area contributed by atoms with E-state index in [4.69, 9.17) is 4.98 Å². The van der Waals surface area contributed by atoms with E-state index in [1.54, 1.807) is 0 Å². The van der Waals surface area contributed by atoms with E-state index in [2.05, 4.69) is 44.0 Å². The fraction of sp³-hybridized carbons (Fsp3) is 0.722. The van der Waals surface area contributed by atoms with Crippen molar-refractivity contribution in [2.24, 2.45) is 11.8 Å². The minimum absolute atomic E-state index is 0.692. The van der Waals surface area contributed by atoms with Gasteiger partial charge in [0.05, 0.1) is 0 Å². The smallest absolute Gasteiger partial charge is 0.131 e. The highest BCUT2D eigenvalue weighted by Crippen LogP contribution is 2.23. The fourth-order valence-electron chi connectivity index (χ4n) is 3.03. The summed E-state index contributed by atoms with van der Waals surface area (Å²) in [6, 6.07) is 2.30. The zero-order valence-electron chi connectivity index (χ0n) is 14.2. The Morgan fingerprint density at radius 1 is 1.33 bits per heavy atom. The zero-order chi connectivity index (χ0) is 15.2. The van der Waals surface area contributed by atoms with Crippen molar-refractivity contribution >= 4 is 5.82 Å². The summed E-state index contributed by atoms with van der Waals surface area (Å²) in [5.41, 5.74) is 2.61. The highest BCUT2D eigenvalue weighted by molar-refractivity contribution is 5.47. The van der Waals surface area contributed by atoms with E-state index >= 15 is 0 Å². The number of hydrogen-bond acceptors (Lipinski definition) is 3. The molecule has 2 rings (SSSR count). The molecule has 0 spiro atoms. The lowest BCUT2D eigenvalue weighted by Crippen LogP contribution is -2.26. The van der Waals surface area contributed by atoms with Gasteiger partial charge >= 0.3 is 0 Å². The van der Waals surface area contributed by atoms with E-state index in [0.29, 0.717) is 5.92 Å². The summed E-state index contributed by atoms with van der Waals surface area (Å²) in [6.07, 6.45) is 5.98. The van der Waals surface area contributed by atoms with Crippen LogP contribution in [-0.2, 0) is 6.54 Å². The Kier molecular flexibility index (Phi) is 6.04. The lowest BCUT2D eigenvalue weighted by Gasteiger charge is -2.23. The van der Waals surface area contributed by atoms with E-state index in [9.17, 15) is 0 Å². The molecule has 1 saturated heterocycles. The average molecular weight is 289 g/mol. The van der Waals surface area contributed by atoms with Crippen molar-refractivity contribution in [3.63, 3.8) is 0 Å². The molecule has 0 bridgehead atoms. The van der Waals surface area contributed by atoms with Crippen LogP contribution in [0.4, 0.5) is 5.82 Å². The maximum Gasteiger partial charge on any atom is 0.131 e. The van der Waals surface area contributed by atoms with Crippen LogP contribution in [0.3, 0.4) is 0 Å². The summed E-state index contributed by atoms with van der Waals surface area (Å²) in [7, 11) is 0. The maximum atomic E-state index is 4.75. The van der Waals surface area contributed by atoms with Gasteiger partial charge in [-0.25, -0.2) is 4.98 Å². The molecule has 0 aromatic carbocycles. The molecule has 1 atom stereocenters. The number of hydrogen-bond donors (Lipinski definition) is 1. The van der Waals surface area contributed by atoms with Crippen LogP contribution >= 0.6 is 0 Å². The van der Waals surface area contributed by atoms with Gasteiger partial charge in [-0.1, -0.05) is 20.8 Å². The van der Waals surface area contributed by atoms with Gasteiger partial charge in [-0.15, -0.1) is 0 Å². The predicted octanol–water partition coefficient (Wildman–Crippen LogP) is 3.76. The van der Waals surface area contributed by atoms with Gasteiger partial charge in [0.15, 0.2) is 0 Å². The van der Waals surface area contributed by atoms with Crippen LogP contribution in [0.5, 0.6) is 0 Å². The van der Waals surface area contributed by atoms with E-state index in [1.807, 2.05) is 6.20 Å². The highest BCUT2D eigenvalue weighted by Gasteiger charge is 2.16. The molecule has 1 aliphatic heterocycles. The molecule has 118 valence electrons. The van der Waals surface area contributed by atoms with Gasteiger partial charge in [0.2, 0.25) is 0 Å². The number of nitrogens with zero attached hydrogens (tertiary/aromatic N) is 2. The Morgan fingerprint density at radius 2 is 2.14 bits per heavy atom. The fourth-order valence-corrected chi connectivity index (χ4v) is 3.03. The molecular weight excluding hydrogens is 258 g/mol. The van der Waals surface area contributed by atoms with Gasteiger partial charge in [0.25, 0.3) is 0 Å². The standard InChI is InChI=1S/C18H31N3/c1-14(2)11-19-12-17-10-16(4)18(20-13-17)21-8-5-6-15(3)7-9-21/h10,13-15,19H,5-9,11-12H2,1-4H3. The molecule has 1 aromatic heterocycles. The first kappa shape index (κ1) is 16.3. The Labute approximate surface area is 130 Å². The van der Waals surface area contributed by atoms with Gasteiger partial charge < -0.3 is 10.2 Å². The second kappa shape index (κ2) is 7.79. The number of aryl methyl sites for hydroxylation is 1. The second-order valence-electron chi connectivity index (χ2n) is 7.03. The molecule has 1 N–H and O–H groups in total. The Morgan fingerprint density at radius 3 is 2.86 bits per heavy atom. The van der Waals surface area contributed by atoms with Gasteiger partial charge in [-0.05, 0) is 61.8 Å². The first-order valence-corrected chi connectivity index (χ1v) is 8.47. The van der Waals surface area contributed by atoms with Gasteiger partial charge in [-0.2, -0.15) is 0 Å². The third kappa shape index (κ3) is 4.99. The lowest BCUT2D eigenvalue weighted by atomic mass is 10.0. The van der Waals surface area contributed by atoms with Gasteiger partial charge in [-0.3, -0.25) is 0 Å². The van der Waals surface area contributed by atoms with Crippen LogP contribution in [0.15, 0.2) is 12.3 Å². The molecule has 0 amide bonds. The van der Waals surface area contributed by atoms with Crippen molar-refractivity contribution in [2.75, 3.05) is 24.5 Å². The van der Waals surface area contributed by atoms with Crippen LogP contribution in [0.1, 0.15) is 51.2 Å². The molecule has 3 nitrogen and oxygen atoms in total. The van der Waals surface area contributed by atoms with E-state index in [-0.39, 0.29) is 0 Å². The summed E-state index contributed by atoms with van der Waals surface area (Å²) in [4.78, 5) is 7.23. The summed E-state index contributed by atoms with van der Waals surface area (Å²) >= 11 is 0. The minimum atomic E-state index is 0.692. The van der Waals surface area contributed by atoms with Crippen molar-refractivity contribution in [2.45, 2.75) is 53.5 Å². The van der Waals surface area contributed by atoms with Crippen molar-refractivity contribution in [3.05, 3.63) is 23.4 Å². The topological polar surface area (TPSA) is 28.2 Å². The normalized spacial score (nSPS) is 19.9. The highest BCUT2D eigenvalue weighted by atomic mass is 15.2. The van der Waals surface area contributed by atoms with E-state index < -0.39 is 0 Å². The SMILES string of the molecule is Cc1cc(CNCC(C)C)cnc1N1CCCC(C)CC1. The zero-order valence-corrected chi connectivity index (χ0v) is 14.2. The molecule has 3 heteroatoms. The van der Waals surface area contributed by atoms with Crippen LogP contribution in [-0.4, -0.2) is 24.6 Å². The van der Waals surface area contributed by atoms with E-state index in [1.165, 1.54) is 36.2 Å². The molecule has 1 aromatic rings. The van der Waals surface area contributed by atoms with Crippen LogP contribution in [0.25, 0.3) is 0 Å². The molecular formula is C18H31N3. The number of nitrogens with one attached hydrogen (secondary N) is 1. The van der Waals surface area contributed by atoms with Crippen LogP contribution in [0.2, 0.25) is 0 Å². The van der Waals surface area contributed by atoms with Crippen molar-refractivity contribution in [1.29, 1.82) is 0 Å². The third-order valence-electron chi connectivity index (χ3n) is 4.31. The number of rotatable bonds is 5. The Hall–Kier alpha value is -1.09. The first-order valence-electron chi connectivity index (χ1n) is 8.47. The summed E-state index contributed by atoms with van der Waals surface area (Å²) < 4.78 is 0. The molecule has 0 radical (unpaired) electrons. The van der Waals surface area contributed by atoms with Crippen molar-refractivity contribution in [1.82, 2.24) is 10.3 Å². The monoisotopic (exact) mass is 289 g/mol. The lowest BCUT2D eigenvalue weighted by molar-refractivity contribution is 0.521. The predicted molar refractivity (Wildman–Crippen MR) is 90.7 cm³/mol. The Balaban J connectivity index is 1.98. The average Bonchev–Trinajstić information content (AvgIpc) is 2.63. The quantitative estimate of drug-likeness (QED) is 0.894. The molecule has 1 fully saturated rings. The van der Waals surface area contributed by atoms with Crippen LogP contribution < -0.4 is 10.2 Å². The van der Waals surface area contributed by atoms with Crippen LogP contribution in [0, 0.1) is 18.8 Å². The first-order chi connectivity index (χ1) is 10.1. The minimum Gasteiger partial charge on any atom is -0.356 e. The van der Waals surface area contributed by atoms with E-state index in [0.717, 1.165) is 32.1 Å². The molecule has 1 unspecified atom stereocenters. The molecule has 0 saturated carbocycles. The number of pyridine rings is 1. The third-order valence-corrected chi connectivity index (χ3v) is 4.31. The second-order valence-corrected chi connectivity index (χ2v) is 7.03. The molecule has 21 heavy (non-hydrogen) atoms. The summed E-state index contributed by atoms with van der Waals surface area (Å²) in [6.45, 7) is 13.3. The van der Waals surface area contributed by atoms with Crippen molar-refractivity contribution in [3.8, 4) is 0 Å².